The average Bonchev–Trinajstić information content (AvgIpc) is 2.71. The molecule has 2 amide bonds. The summed E-state index contributed by atoms with van der Waals surface area (Å²) in [7, 11) is 0. The van der Waals surface area contributed by atoms with Gasteiger partial charge in [0.25, 0.3) is 5.91 Å². The van der Waals surface area contributed by atoms with Crippen LogP contribution in [0.1, 0.15) is 5.56 Å². The van der Waals surface area contributed by atoms with Gasteiger partial charge < -0.3 is 15.4 Å². The Kier molecular flexibility index (Phi) is 6.52. The van der Waals surface area contributed by atoms with E-state index in [0.717, 1.165) is 22.4 Å². The highest BCUT2D eigenvalue weighted by Crippen LogP contribution is 2.18. The number of esters is 1. The largest absolute Gasteiger partial charge is 0.454 e. The van der Waals surface area contributed by atoms with Crippen LogP contribution in [-0.4, -0.2) is 30.9 Å². The fourth-order valence-electron chi connectivity index (χ4n) is 2.81. The topological polar surface area (TPSA) is 84.5 Å². The third kappa shape index (κ3) is 5.87. The number of benzene rings is 3. The Balaban J connectivity index is 1.43. The quantitative estimate of drug-likeness (QED) is 0.604. The van der Waals surface area contributed by atoms with Gasteiger partial charge >= 0.3 is 5.97 Å². The number of ether oxygens (including phenoxy) is 1. The third-order valence-electron chi connectivity index (χ3n) is 4.13. The first-order chi connectivity index (χ1) is 14.0. The molecule has 7 heteroatoms. The average molecular weight is 394 g/mol. The van der Waals surface area contributed by atoms with Crippen molar-refractivity contribution in [3.63, 3.8) is 0 Å². The molecule has 0 fully saturated rings. The molecule has 0 saturated heterocycles. The molecule has 0 heterocycles. The van der Waals surface area contributed by atoms with E-state index >= 15 is 0 Å². The first kappa shape index (κ1) is 20.0. The molecule has 0 aliphatic heterocycles. The maximum absolute atomic E-state index is 13.1. The van der Waals surface area contributed by atoms with Crippen LogP contribution in [-0.2, 0) is 25.5 Å². The van der Waals surface area contributed by atoms with E-state index in [1.54, 1.807) is 0 Å². The van der Waals surface area contributed by atoms with E-state index in [4.69, 9.17) is 4.74 Å². The van der Waals surface area contributed by atoms with Crippen molar-refractivity contribution < 1.29 is 23.5 Å². The zero-order valence-electron chi connectivity index (χ0n) is 15.5. The summed E-state index contributed by atoms with van der Waals surface area (Å²) in [5, 5.41) is 6.89. The lowest BCUT2D eigenvalue weighted by molar-refractivity contribution is -0.147. The molecule has 0 spiro atoms. The summed E-state index contributed by atoms with van der Waals surface area (Å²) in [4.78, 5) is 35.6. The number of hydrogen-bond acceptors (Lipinski definition) is 4. The monoisotopic (exact) mass is 394 g/mol. The normalized spacial score (nSPS) is 10.4. The molecule has 0 aromatic heterocycles. The molecule has 3 aromatic carbocycles. The Hall–Kier alpha value is -3.74. The summed E-state index contributed by atoms with van der Waals surface area (Å²) < 4.78 is 17.9. The second-order valence-corrected chi connectivity index (χ2v) is 6.31. The van der Waals surface area contributed by atoms with Crippen molar-refractivity contribution in [3.8, 4) is 0 Å². The predicted octanol–water partition coefficient (Wildman–Crippen LogP) is 2.82. The van der Waals surface area contributed by atoms with Gasteiger partial charge in [0.05, 0.1) is 6.42 Å². The Morgan fingerprint density at radius 2 is 1.66 bits per heavy atom. The lowest BCUT2D eigenvalue weighted by Crippen LogP contribution is -2.33. The zero-order valence-corrected chi connectivity index (χ0v) is 15.5. The van der Waals surface area contributed by atoms with E-state index in [0.29, 0.717) is 0 Å². The van der Waals surface area contributed by atoms with Crippen LogP contribution in [0.5, 0.6) is 0 Å². The molecule has 0 radical (unpaired) electrons. The number of halogens is 1. The molecule has 29 heavy (non-hydrogen) atoms. The summed E-state index contributed by atoms with van der Waals surface area (Å²) >= 11 is 0. The minimum atomic E-state index is -0.745. The molecule has 148 valence electrons. The maximum Gasteiger partial charge on any atom is 0.325 e. The van der Waals surface area contributed by atoms with Crippen LogP contribution in [0.2, 0.25) is 0 Å². The standard InChI is InChI=1S/C22H19FN2O4/c23-17-8-4-9-18(12-17)25-21(27)14-29-22(28)13-24-20(26)11-16-7-3-6-15-5-1-2-10-19(15)16/h1-10,12H,11,13-14H2,(H,24,26)(H,25,27). The molecule has 0 atom stereocenters. The third-order valence-corrected chi connectivity index (χ3v) is 4.13. The van der Waals surface area contributed by atoms with Gasteiger partial charge in [-0.1, -0.05) is 48.5 Å². The molecule has 3 rings (SSSR count). The van der Waals surface area contributed by atoms with Gasteiger partial charge in [-0.3, -0.25) is 14.4 Å². The lowest BCUT2D eigenvalue weighted by atomic mass is 10.0. The second-order valence-electron chi connectivity index (χ2n) is 6.31. The summed E-state index contributed by atoms with van der Waals surface area (Å²) in [6.45, 7) is -0.884. The van der Waals surface area contributed by atoms with Gasteiger partial charge in [-0.05, 0) is 34.5 Å². The van der Waals surface area contributed by atoms with Crippen LogP contribution >= 0.6 is 0 Å². The number of nitrogens with one attached hydrogen (secondary N) is 2. The minimum absolute atomic E-state index is 0.120. The first-order valence-electron chi connectivity index (χ1n) is 8.95. The van der Waals surface area contributed by atoms with Crippen LogP contribution in [0.4, 0.5) is 10.1 Å². The Morgan fingerprint density at radius 1 is 0.897 bits per heavy atom. The fraction of sp³-hybridized carbons (Fsp3) is 0.136. The van der Waals surface area contributed by atoms with Crippen molar-refractivity contribution in [2.75, 3.05) is 18.5 Å². The Labute approximate surface area is 166 Å². The van der Waals surface area contributed by atoms with Gasteiger partial charge in [0.15, 0.2) is 6.61 Å². The van der Waals surface area contributed by atoms with Gasteiger partial charge in [-0.15, -0.1) is 0 Å². The number of anilines is 1. The summed E-state index contributed by atoms with van der Waals surface area (Å²) in [6, 6.07) is 18.8. The summed E-state index contributed by atoms with van der Waals surface area (Å²) in [5.41, 5.74) is 1.11. The fourth-order valence-corrected chi connectivity index (χ4v) is 2.81. The summed E-state index contributed by atoms with van der Waals surface area (Å²) in [6.07, 6.45) is 0.120. The van der Waals surface area contributed by atoms with Crippen LogP contribution in [0, 0.1) is 5.82 Å². The number of amides is 2. The van der Waals surface area contributed by atoms with E-state index in [9.17, 15) is 18.8 Å². The zero-order chi connectivity index (χ0) is 20.6. The molecule has 0 aliphatic rings. The van der Waals surface area contributed by atoms with Crippen molar-refractivity contribution in [1.29, 1.82) is 0 Å². The molecule has 2 N–H and O–H groups in total. The number of rotatable bonds is 7. The highest BCUT2D eigenvalue weighted by molar-refractivity contribution is 5.93. The van der Waals surface area contributed by atoms with E-state index in [1.807, 2.05) is 42.5 Å². The highest BCUT2D eigenvalue weighted by Gasteiger charge is 2.11. The van der Waals surface area contributed by atoms with Crippen LogP contribution in [0.25, 0.3) is 10.8 Å². The molecular formula is C22H19FN2O4. The molecule has 0 saturated carbocycles. The van der Waals surface area contributed by atoms with E-state index < -0.39 is 24.3 Å². The van der Waals surface area contributed by atoms with Gasteiger partial charge in [0.1, 0.15) is 12.4 Å². The van der Waals surface area contributed by atoms with Gasteiger partial charge in [-0.2, -0.15) is 0 Å². The van der Waals surface area contributed by atoms with E-state index in [-0.39, 0.29) is 24.6 Å². The molecule has 3 aromatic rings. The van der Waals surface area contributed by atoms with Gasteiger partial charge in [-0.25, -0.2) is 4.39 Å². The predicted molar refractivity (Wildman–Crippen MR) is 107 cm³/mol. The van der Waals surface area contributed by atoms with Crippen molar-refractivity contribution in [2.45, 2.75) is 6.42 Å². The first-order valence-corrected chi connectivity index (χ1v) is 8.95. The van der Waals surface area contributed by atoms with Gasteiger partial charge in [0.2, 0.25) is 5.91 Å². The molecule has 6 nitrogen and oxygen atoms in total. The van der Waals surface area contributed by atoms with Gasteiger partial charge in [0, 0.05) is 5.69 Å². The van der Waals surface area contributed by atoms with Crippen molar-refractivity contribution in [2.24, 2.45) is 0 Å². The number of carbonyl (C=O) groups excluding carboxylic acids is 3. The van der Waals surface area contributed by atoms with Crippen molar-refractivity contribution >= 4 is 34.2 Å². The van der Waals surface area contributed by atoms with Crippen molar-refractivity contribution in [3.05, 3.63) is 78.1 Å². The SMILES string of the molecule is O=C(Cc1cccc2ccccc12)NCC(=O)OCC(=O)Nc1cccc(F)c1. The number of hydrogen-bond donors (Lipinski definition) is 2. The summed E-state index contributed by atoms with van der Waals surface area (Å²) in [5.74, 6) is -2.17. The molecular weight excluding hydrogens is 375 g/mol. The molecule has 0 unspecified atom stereocenters. The maximum atomic E-state index is 13.1. The van der Waals surface area contributed by atoms with Crippen LogP contribution < -0.4 is 10.6 Å². The number of carbonyl (C=O) groups is 3. The molecule has 0 bridgehead atoms. The lowest BCUT2D eigenvalue weighted by Gasteiger charge is -2.09. The van der Waals surface area contributed by atoms with Crippen LogP contribution in [0.15, 0.2) is 66.7 Å². The Bertz CT molecular complexity index is 1050. The van der Waals surface area contributed by atoms with Crippen LogP contribution in [0.3, 0.4) is 0 Å². The smallest absolute Gasteiger partial charge is 0.325 e. The molecule has 0 aliphatic carbocycles. The van der Waals surface area contributed by atoms with E-state index in [1.165, 1.54) is 18.2 Å². The Morgan fingerprint density at radius 3 is 2.48 bits per heavy atom. The highest BCUT2D eigenvalue weighted by atomic mass is 19.1. The second kappa shape index (κ2) is 9.45. The minimum Gasteiger partial charge on any atom is -0.454 e. The van der Waals surface area contributed by atoms with E-state index in [2.05, 4.69) is 10.6 Å². The number of fused-ring (bicyclic) bond motifs is 1. The van der Waals surface area contributed by atoms with Crippen molar-refractivity contribution in [1.82, 2.24) is 5.32 Å².